The van der Waals surface area contributed by atoms with Gasteiger partial charge in [-0.1, -0.05) is 6.07 Å². The molecule has 2 aromatic rings. The third-order valence-corrected chi connectivity index (χ3v) is 2.57. The van der Waals surface area contributed by atoms with Gasteiger partial charge in [-0.2, -0.15) is 4.98 Å². The van der Waals surface area contributed by atoms with Crippen LogP contribution in [0, 0.1) is 6.92 Å². The van der Waals surface area contributed by atoms with Gasteiger partial charge in [0, 0.05) is 19.3 Å². The Balaban J connectivity index is 2.04. The Labute approximate surface area is 107 Å². The molecule has 18 heavy (non-hydrogen) atoms. The number of nitrogens with one attached hydrogen (secondary N) is 1. The van der Waals surface area contributed by atoms with E-state index < -0.39 is 0 Å². The Bertz CT molecular complexity index is 509. The SMILES string of the molecule is CNCc1coc(N(C)Cc2cccc(C)n2)n1. The Morgan fingerprint density at radius 3 is 2.83 bits per heavy atom. The van der Waals surface area contributed by atoms with Crippen LogP contribution in [0.1, 0.15) is 17.1 Å². The molecule has 2 aromatic heterocycles. The summed E-state index contributed by atoms with van der Waals surface area (Å²) in [7, 11) is 3.83. The van der Waals surface area contributed by atoms with E-state index in [1.165, 1.54) is 0 Å². The summed E-state index contributed by atoms with van der Waals surface area (Å²) in [5.74, 6) is 0. The average molecular weight is 246 g/mol. The molecule has 0 aromatic carbocycles. The molecule has 0 fully saturated rings. The number of aromatic nitrogens is 2. The smallest absolute Gasteiger partial charge is 0.297 e. The second kappa shape index (κ2) is 5.64. The van der Waals surface area contributed by atoms with Crippen molar-refractivity contribution < 1.29 is 4.42 Å². The van der Waals surface area contributed by atoms with E-state index in [0.29, 0.717) is 19.1 Å². The molecule has 0 saturated carbocycles. The number of rotatable bonds is 5. The normalized spacial score (nSPS) is 10.6. The Hall–Kier alpha value is -1.88. The maximum atomic E-state index is 5.43. The summed E-state index contributed by atoms with van der Waals surface area (Å²) in [4.78, 5) is 10.8. The van der Waals surface area contributed by atoms with Crippen molar-refractivity contribution in [2.75, 3.05) is 19.0 Å². The van der Waals surface area contributed by atoms with Crippen molar-refractivity contribution in [2.45, 2.75) is 20.0 Å². The first-order valence-electron chi connectivity index (χ1n) is 5.91. The molecule has 5 heteroatoms. The fourth-order valence-corrected chi connectivity index (χ4v) is 1.73. The topological polar surface area (TPSA) is 54.2 Å². The highest BCUT2D eigenvalue weighted by molar-refractivity contribution is 5.27. The molecule has 0 atom stereocenters. The van der Waals surface area contributed by atoms with Gasteiger partial charge in [-0.15, -0.1) is 0 Å². The van der Waals surface area contributed by atoms with E-state index in [1.807, 2.05) is 44.1 Å². The van der Waals surface area contributed by atoms with Crippen molar-refractivity contribution in [1.82, 2.24) is 15.3 Å². The third kappa shape index (κ3) is 3.07. The zero-order chi connectivity index (χ0) is 13.0. The molecule has 2 rings (SSSR count). The van der Waals surface area contributed by atoms with Gasteiger partial charge in [0.1, 0.15) is 6.26 Å². The Kier molecular flexibility index (Phi) is 3.94. The van der Waals surface area contributed by atoms with Crippen LogP contribution < -0.4 is 10.2 Å². The molecule has 0 unspecified atom stereocenters. The number of hydrogen-bond acceptors (Lipinski definition) is 5. The van der Waals surface area contributed by atoms with E-state index in [0.717, 1.165) is 17.1 Å². The predicted molar refractivity (Wildman–Crippen MR) is 70.3 cm³/mol. The van der Waals surface area contributed by atoms with Gasteiger partial charge in [-0.05, 0) is 26.1 Å². The minimum absolute atomic E-state index is 0.614. The molecule has 0 radical (unpaired) electrons. The van der Waals surface area contributed by atoms with Crippen LogP contribution in [0.15, 0.2) is 28.9 Å². The summed E-state index contributed by atoms with van der Waals surface area (Å²) in [6, 6.07) is 6.61. The van der Waals surface area contributed by atoms with Gasteiger partial charge in [-0.3, -0.25) is 4.98 Å². The van der Waals surface area contributed by atoms with Gasteiger partial charge < -0.3 is 14.6 Å². The summed E-state index contributed by atoms with van der Waals surface area (Å²) < 4.78 is 5.43. The summed E-state index contributed by atoms with van der Waals surface area (Å²) >= 11 is 0. The van der Waals surface area contributed by atoms with E-state index in [-0.39, 0.29) is 0 Å². The molecule has 1 N–H and O–H groups in total. The van der Waals surface area contributed by atoms with Crippen LogP contribution in [0.25, 0.3) is 0 Å². The molecule has 0 saturated heterocycles. The molecule has 2 heterocycles. The summed E-state index contributed by atoms with van der Waals surface area (Å²) in [5, 5.41) is 3.04. The summed E-state index contributed by atoms with van der Waals surface area (Å²) in [5.41, 5.74) is 2.92. The Morgan fingerprint density at radius 1 is 1.28 bits per heavy atom. The van der Waals surface area contributed by atoms with E-state index in [2.05, 4.69) is 15.3 Å². The van der Waals surface area contributed by atoms with Crippen LogP contribution in [0.5, 0.6) is 0 Å². The molecule has 5 nitrogen and oxygen atoms in total. The molecular formula is C13H18N4O. The largest absolute Gasteiger partial charge is 0.432 e. The standard InChI is InChI=1S/C13H18N4O/c1-10-5-4-6-11(15-10)8-17(3)13-16-12(7-14-2)9-18-13/h4-6,9,14H,7-8H2,1-3H3. The van der Waals surface area contributed by atoms with Crippen molar-refractivity contribution in [3.05, 3.63) is 41.5 Å². The minimum atomic E-state index is 0.614. The first-order chi connectivity index (χ1) is 8.69. The van der Waals surface area contributed by atoms with Crippen LogP contribution in [-0.4, -0.2) is 24.1 Å². The molecule has 0 spiro atoms. The van der Waals surface area contributed by atoms with Crippen molar-refractivity contribution in [2.24, 2.45) is 0 Å². The molecular weight excluding hydrogens is 228 g/mol. The fourth-order valence-electron chi connectivity index (χ4n) is 1.73. The zero-order valence-corrected chi connectivity index (χ0v) is 11.0. The van der Waals surface area contributed by atoms with Crippen molar-refractivity contribution in [1.29, 1.82) is 0 Å². The molecule has 0 bridgehead atoms. The van der Waals surface area contributed by atoms with E-state index in [9.17, 15) is 0 Å². The number of aryl methyl sites for hydroxylation is 1. The van der Waals surface area contributed by atoms with Gasteiger partial charge in [-0.25, -0.2) is 0 Å². The zero-order valence-electron chi connectivity index (χ0n) is 11.0. The summed E-state index contributed by atoms with van der Waals surface area (Å²) in [6.07, 6.45) is 1.67. The lowest BCUT2D eigenvalue weighted by molar-refractivity contribution is 0.542. The second-order valence-electron chi connectivity index (χ2n) is 4.28. The van der Waals surface area contributed by atoms with E-state index >= 15 is 0 Å². The van der Waals surface area contributed by atoms with Gasteiger partial charge >= 0.3 is 0 Å². The number of oxazole rings is 1. The lowest BCUT2D eigenvalue weighted by Gasteiger charge is -2.13. The summed E-state index contributed by atoms with van der Waals surface area (Å²) in [6.45, 7) is 3.38. The van der Waals surface area contributed by atoms with Crippen LogP contribution in [0.2, 0.25) is 0 Å². The molecule has 96 valence electrons. The number of anilines is 1. The molecule has 0 aliphatic rings. The number of hydrogen-bond donors (Lipinski definition) is 1. The van der Waals surface area contributed by atoms with Gasteiger partial charge in [0.2, 0.25) is 0 Å². The highest BCUT2D eigenvalue weighted by atomic mass is 16.4. The van der Waals surface area contributed by atoms with Crippen molar-refractivity contribution in [3.8, 4) is 0 Å². The fraction of sp³-hybridized carbons (Fsp3) is 0.385. The first kappa shape index (κ1) is 12.6. The van der Waals surface area contributed by atoms with Crippen molar-refractivity contribution >= 4 is 6.01 Å². The number of nitrogens with zero attached hydrogens (tertiary/aromatic N) is 3. The Morgan fingerprint density at radius 2 is 2.11 bits per heavy atom. The van der Waals surface area contributed by atoms with Crippen LogP contribution in [0.3, 0.4) is 0 Å². The second-order valence-corrected chi connectivity index (χ2v) is 4.28. The predicted octanol–water partition coefficient (Wildman–Crippen LogP) is 1.73. The van der Waals surface area contributed by atoms with Crippen LogP contribution in [0.4, 0.5) is 6.01 Å². The molecule has 0 aliphatic carbocycles. The lowest BCUT2D eigenvalue weighted by atomic mass is 10.3. The average Bonchev–Trinajstić information content (AvgIpc) is 2.78. The quantitative estimate of drug-likeness (QED) is 0.870. The molecule has 0 amide bonds. The maximum absolute atomic E-state index is 5.43. The first-order valence-corrected chi connectivity index (χ1v) is 5.91. The highest BCUT2D eigenvalue weighted by Gasteiger charge is 2.09. The van der Waals surface area contributed by atoms with Gasteiger partial charge in [0.05, 0.1) is 17.9 Å². The highest BCUT2D eigenvalue weighted by Crippen LogP contribution is 2.14. The van der Waals surface area contributed by atoms with E-state index in [1.54, 1.807) is 6.26 Å². The monoisotopic (exact) mass is 246 g/mol. The van der Waals surface area contributed by atoms with Gasteiger partial charge in [0.25, 0.3) is 6.01 Å². The lowest BCUT2D eigenvalue weighted by Crippen LogP contribution is -2.18. The number of pyridine rings is 1. The van der Waals surface area contributed by atoms with Gasteiger partial charge in [0.15, 0.2) is 0 Å². The van der Waals surface area contributed by atoms with Crippen LogP contribution >= 0.6 is 0 Å². The maximum Gasteiger partial charge on any atom is 0.297 e. The van der Waals surface area contributed by atoms with Crippen LogP contribution in [-0.2, 0) is 13.1 Å². The third-order valence-electron chi connectivity index (χ3n) is 2.57. The van der Waals surface area contributed by atoms with E-state index in [4.69, 9.17) is 4.42 Å². The van der Waals surface area contributed by atoms with Crippen molar-refractivity contribution in [3.63, 3.8) is 0 Å². The minimum Gasteiger partial charge on any atom is -0.432 e. The molecule has 0 aliphatic heterocycles.